The molecular formula is C16H17ClF3N3OS. The van der Waals surface area contributed by atoms with Crippen LogP contribution in [0.2, 0.25) is 0 Å². The maximum absolute atomic E-state index is 12.6. The first-order valence-corrected chi connectivity index (χ1v) is 8.44. The number of carbonyl (C=O) groups excluding carboxylic acids is 1. The molecule has 0 bridgehead atoms. The van der Waals surface area contributed by atoms with Crippen LogP contribution in [0.1, 0.15) is 23.4 Å². The van der Waals surface area contributed by atoms with Crippen molar-refractivity contribution in [1.82, 2.24) is 15.6 Å². The lowest BCUT2D eigenvalue weighted by Crippen LogP contribution is -2.39. The first-order valence-electron chi connectivity index (χ1n) is 7.56. The van der Waals surface area contributed by atoms with Crippen LogP contribution in [0, 0.1) is 0 Å². The van der Waals surface area contributed by atoms with Gasteiger partial charge in [-0.1, -0.05) is 12.1 Å². The quantitative estimate of drug-likeness (QED) is 0.837. The van der Waals surface area contributed by atoms with Crippen LogP contribution in [0.5, 0.6) is 0 Å². The minimum Gasteiger partial charge on any atom is -0.348 e. The normalized spacial score (nSPS) is 17.2. The Bertz CT molecular complexity index is 712. The number of nitrogens with zero attached hydrogens (tertiary/aromatic N) is 1. The molecule has 2 heterocycles. The summed E-state index contributed by atoms with van der Waals surface area (Å²) in [5, 5.41) is 8.45. The van der Waals surface area contributed by atoms with Crippen molar-refractivity contribution < 1.29 is 18.0 Å². The molecule has 1 saturated heterocycles. The number of amides is 1. The van der Waals surface area contributed by atoms with E-state index in [0.717, 1.165) is 36.5 Å². The summed E-state index contributed by atoms with van der Waals surface area (Å²) in [6.45, 7) is 1.18. The number of thiazole rings is 1. The minimum absolute atomic E-state index is 0. The van der Waals surface area contributed by atoms with Crippen LogP contribution < -0.4 is 10.6 Å². The third-order valence-electron chi connectivity index (χ3n) is 3.85. The second-order valence-corrected chi connectivity index (χ2v) is 6.51. The zero-order valence-corrected chi connectivity index (χ0v) is 14.7. The van der Waals surface area contributed by atoms with Gasteiger partial charge in [-0.05, 0) is 31.5 Å². The van der Waals surface area contributed by atoms with Gasteiger partial charge < -0.3 is 10.6 Å². The van der Waals surface area contributed by atoms with E-state index in [2.05, 4.69) is 15.6 Å². The van der Waals surface area contributed by atoms with E-state index in [1.54, 1.807) is 5.38 Å². The predicted molar refractivity (Wildman–Crippen MR) is 92.7 cm³/mol. The topological polar surface area (TPSA) is 54.0 Å². The Kier molecular flexibility index (Phi) is 6.42. The summed E-state index contributed by atoms with van der Waals surface area (Å²) in [4.78, 5) is 16.3. The summed E-state index contributed by atoms with van der Waals surface area (Å²) >= 11 is 1.37. The van der Waals surface area contributed by atoms with Gasteiger partial charge in [-0.25, -0.2) is 4.98 Å². The van der Waals surface area contributed by atoms with Crippen LogP contribution in [0.3, 0.4) is 0 Å². The molecule has 0 radical (unpaired) electrons. The van der Waals surface area contributed by atoms with Crippen LogP contribution in [-0.4, -0.2) is 23.5 Å². The van der Waals surface area contributed by atoms with E-state index in [0.29, 0.717) is 17.8 Å². The molecule has 1 aliphatic heterocycles. The molecule has 9 heteroatoms. The Morgan fingerprint density at radius 1 is 1.32 bits per heavy atom. The first kappa shape index (κ1) is 19.7. The highest BCUT2D eigenvalue weighted by Gasteiger charge is 2.30. The van der Waals surface area contributed by atoms with Gasteiger partial charge in [0.1, 0.15) is 5.01 Å². The second-order valence-electron chi connectivity index (χ2n) is 5.57. The lowest BCUT2D eigenvalue weighted by atomic mass is 10.1. The van der Waals surface area contributed by atoms with Crippen molar-refractivity contribution in [3.05, 3.63) is 40.2 Å². The van der Waals surface area contributed by atoms with Gasteiger partial charge in [0.15, 0.2) is 0 Å². The lowest BCUT2D eigenvalue weighted by Gasteiger charge is -2.09. The molecular weight excluding hydrogens is 375 g/mol. The van der Waals surface area contributed by atoms with Crippen molar-refractivity contribution >= 4 is 29.7 Å². The fraction of sp³-hybridized carbons (Fsp3) is 0.375. The van der Waals surface area contributed by atoms with Crippen molar-refractivity contribution in [2.45, 2.75) is 31.6 Å². The molecule has 1 aromatic carbocycles. The Balaban J connectivity index is 0.00000225. The van der Waals surface area contributed by atoms with E-state index in [9.17, 15) is 18.0 Å². The molecule has 0 spiro atoms. The molecule has 1 aromatic heterocycles. The molecule has 0 aliphatic carbocycles. The number of rotatable bonds is 4. The van der Waals surface area contributed by atoms with Gasteiger partial charge in [-0.15, -0.1) is 23.7 Å². The summed E-state index contributed by atoms with van der Waals surface area (Å²) in [5.41, 5.74) is 0.546. The molecule has 136 valence electrons. The van der Waals surface area contributed by atoms with E-state index in [4.69, 9.17) is 0 Å². The van der Waals surface area contributed by atoms with Gasteiger partial charge in [-0.3, -0.25) is 4.79 Å². The summed E-state index contributed by atoms with van der Waals surface area (Å²) in [5.74, 6) is -0.0428. The lowest BCUT2D eigenvalue weighted by molar-refractivity contribution is -0.137. The number of hydrogen-bond acceptors (Lipinski definition) is 4. The largest absolute Gasteiger partial charge is 0.416 e. The summed E-state index contributed by atoms with van der Waals surface area (Å²) in [6, 6.07) is 4.76. The monoisotopic (exact) mass is 391 g/mol. The minimum atomic E-state index is -4.34. The number of aromatic nitrogens is 1. The summed E-state index contributed by atoms with van der Waals surface area (Å²) < 4.78 is 37.7. The van der Waals surface area contributed by atoms with Crippen LogP contribution >= 0.6 is 23.7 Å². The Hall–Kier alpha value is -1.64. The Labute approximate surface area is 153 Å². The summed E-state index contributed by atoms with van der Waals surface area (Å²) in [7, 11) is 0. The standard InChI is InChI=1S/C16H16F3N3OS.ClH/c17-16(18,19)11-5-3-10(4-6-11)13-9-24-14(22-13)8-21-15(23)12-2-1-7-20-12;/h3-6,9,12,20H,1-2,7-8H2,(H,21,23);1H/t12-;/m0./s1. The highest BCUT2D eigenvalue weighted by Crippen LogP contribution is 2.31. The van der Waals surface area contributed by atoms with Gasteiger partial charge in [-0.2, -0.15) is 13.2 Å². The molecule has 1 amide bonds. The maximum atomic E-state index is 12.6. The fourth-order valence-electron chi connectivity index (χ4n) is 2.55. The highest BCUT2D eigenvalue weighted by atomic mass is 35.5. The van der Waals surface area contributed by atoms with Crippen LogP contribution in [0.4, 0.5) is 13.2 Å². The molecule has 25 heavy (non-hydrogen) atoms. The zero-order valence-electron chi connectivity index (χ0n) is 13.1. The van der Waals surface area contributed by atoms with Crippen LogP contribution in [0.25, 0.3) is 11.3 Å². The number of benzene rings is 1. The van der Waals surface area contributed by atoms with Gasteiger partial charge in [0, 0.05) is 10.9 Å². The number of hydrogen-bond donors (Lipinski definition) is 2. The number of carbonyl (C=O) groups is 1. The maximum Gasteiger partial charge on any atom is 0.416 e. The highest BCUT2D eigenvalue weighted by molar-refractivity contribution is 7.09. The van der Waals surface area contributed by atoms with Crippen molar-refractivity contribution in [2.75, 3.05) is 6.54 Å². The van der Waals surface area contributed by atoms with E-state index in [-0.39, 0.29) is 24.4 Å². The molecule has 0 unspecified atom stereocenters. The molecule has 2 aromatic rings. The van der Waals surface area contributed by atoms with E-state index in [1.807, 2.05) is 0 Å². The average molecular weight is 392 g/mol. The first-order chi connectivity index (χ1) is 11.4. The van der Waals surface area contributed by atoms with Crippen LogP contribution in [0.15, 0.2) is 29.6 Å². The predicted octanol–water partition coefficient (Wildman–Crippen LogP) is 3.62. The molecule has 4 nitrogen and oxygen atoms in total. The van der Waals surface area contributed by atoms with E-state index < -0.39 is 11.7 Å². The SMILES string of the molecule is Cl.O=C(NCc1nc(-c2ccc(C(F)(F)F)cc2)cs1)[C@@H]1CCCN1. The van der Waals surface area contributed by atoms with Crippen molar-refractivity contribution in [3.63, 3.8) is 0 Å². The average Bonchev–Trinajstić information content (AvgIpc) is 3.23. The van der Waals surface area contributed by atoms with Gasteiger partial charge >= 0.3 is 6.18 Å². The second kappa shape index (κ2) is 8.16. The molecule has 3 rings (SSSR count). The number of alkyl halides is 3. The molecule has 2 N–H and O–H groups in total. The van der Waals surface area contributed by atoms with Crippen molar-refractivity contribution in [2.24, 2.45) is 0 Å². The summed E-state index contributed by atoms with van der Waals surface area (Å²) in [6.07, 6.45) is -2.52. The number of halogens is 4. The van der Waals surface area contributed by atoms with E-state index >= 15 is 0 Å². The smallest absolute Gasteiger partial charge is 0.348 e. The van der Waals surface area contributed by atoms with Gasteiger partial charge in [0.05, 0.1) is 23.8 Å². The third kappa shape index (κ3) is 4.93. The van der Waals surface area contributed by atoms with Crippen molar-refractivity contribution in [3.8, 4) is 11.3 Å². The van der Waals surface area contributed by atoms with Gasteiger partial charge in [0.2, 0.25) is 5.91 Å². The Morgan fingerprint density at radius 3 is 2.64 bits per heavy atom. The zero-order chi connectivity index (χ0) is 17.2. The molecule has 1 atom stereocenters. The van der Waals surface area contributed by atoms with Crippen LogP contribution in [-0.2, 0) is 17.5 Å². The fourth-order valence-corrected chi connectivity index (χ4v) is 3.29. The molecule has 0 saturated carbocycles. The number of nitrogens with one attached hydrogen (secondary N) is 2. The molecule has 1 aliphatic rings. The van der Waals surface area contributed by atoms with Gasteiger partial charge in [0.25, 0.3) is 0 Å². The Morgan fingerprint density at radius 2 is 2.04 bits per heavy atom. The van der Waals surface area contributed by atoms with Crippen molar-refractivity contribution in [1.29, 1.82) is 0 Å². The van der Waals surface area contributed by atoms with E-state index in [1.165, 1.54) is 23.5 Å². The molecule has 1 fully saturated rings. The third-order valence-corrected chi connectivity index (χ3v) is 4.70.